The average Bonchev–Trinajstić information content (AvgIpc) is 2.73. The monoisotopic (exact) mass is 306 g/mol. The summed E-state index contributed by atoms with van der Waals surface area (Å²) in [6, 6.07) is 8.57. The molecule has 2 saturated heterocycles. The van der Waals surface area contributed by atoms with Crippen molar-refractivity contribution in [1.82, 2.24) is 4.31 Å². The molecule has 2 fully saturated rings. The molecule has 1 N–H and O–H groups in total. The van der Waals surface area contributed by atoms with Gasteiger partial charge in [0.05, 0.1) is 23.5 Å². The van der Waals surface area contributed by atoms with Gasteiger partial charge in [0.1, 0.15) is 0 Å². The fraction of sp³-hybridized carbons (Fsp3) is 0.533. The zero-order valence-electron chi connectivity index (χ0n) is 11.6. The minimum absolute atomic E-state index is 0.0399. The highest BCUT2D eigenvalue weighted by atomic mass is 32.2. The highest BCUT2D eigenvalue weighted by molar-refractivity contribution is 7.88. The molecule has 0 amide bonds. The number of hydrogen-bond donors (Lipinski definition) is 1. The van der Waals surface area contributed by atoms with Gasteiger partial charge in [-0.1, -0.05) is 12.1 Å². The molecule has 2 aliphatic heterocycles. The molecule has 2 bridgehead atoms. The number of aliphatic hydroxyl groups excluding tert-OH is 1. The standard InChI is InChI=1S/C15H18N2O3S/c16-9-11-1-3-12(4-2-11)10-21(19,20)17-13-5-6-14(17)8-15(18)7-13/h1-4,13-15,18H,5-8,10H2. The molecule has 2 heterocycles. The van der Waals surface area contributed by atoms with Gasteiger partial charge in [-0.05, 0) is 43.4 Å². The number of hydrogen-bond acceptors (Lipinski definition) is 4. The zero-order chi connectivity index (χ0) is 15.0. The molecular formula is C15H18N2O3S. The van der Waals surface area contributed by atoms with Crippen molar-refractivity contribution in [2.24, 2.45) is 0 Å². The van der Waals surface area contributed by atoms with Crippen molar-refractivity contribution in [2.75, 3.05) is 0 Å². The van der Waals surface area contributed by atoms with Crippen molar-refractivity contribution in [1.29, 1.82) is 5.26 Å². The van der Waals surface area contributed by atoms with Gasteiger partial charge in [0.15, 0.2) is 0 Å². The van der Waals surface area contributed by atoms with E-state index in [1.807, 2.05) is 6.07 Å². The number of aliphatic hydroxyl groups is 1. The number of sulfonamides is 1. The Morgan fingerprint density at radius 3 is 2.29 bits per heavy atom. The van der Waals surface area contributed by atoms with Crippen LogP contribution >= 0.6 is 0 Å². The van der Waals surface area contributed by atoms with Crippen molar-refractivity contribution >= 4 is 10.0 Å². The van der Waals surface area contributed by atoms with Crippen molar-refractivity contribution < 1.29 is 13.5 Å². The third kappa shape index (κ3) is 2.82. The van der Waals surface area contributed by atoms with E-state index < -0.39 is 10.0 Å². The lowest BCUT2D eigenvalue weighted by atomic mass is 10.0. The van der Waals surface area contributed by atoms with E-state index in [1.54, 1.807) is 28.6 Å². The van der Waals surface area contributed by atoms with E-state index in [4.69, 9.17) is 5.26 Å². The van der Waals surface area contributed by atoms with Gasteiger partial charge in [-0.2, -0.15) is 9.57 Å². The van der Waals surface area contributed by atoms with Gasteiger partial charge in [-0.25, -0.2) is 8.42 Å². The third-order valence-corrected chi connectivity index (χ3v) is 6.33. The van der Waals surface area contributed by atoms with Crippen LogP contribution in [0.3, 0.4) is 0 Å². The lowest BCUT2D eigenvalue weighted by Crippen LogP contribution is -2.48. The summed E-state index contributed by atoms with van der Waals surface area (Å²) < 4.78 is 26.9. The molecule has 0 aromatic heterocycles. The fourth-order valence-corrected chi connectivity index (χ4v) is 5.57. The van der Waals surface area contributed by atoms with Crippen LogP contribution in [0.2, 0.25) is 0 Å². The van der Waals surface area contributed by atoms with Crippen molar-refractivity contribution in [3.05, 3.63) is 35.4 Å². The van der Waals surface area contributed by atoms with E-state index in [9.17, 15) is 13.5 Å². The maximum Gasteiger partial charge on any atom is 0.218 e. The molecule has 21 heavy (non-hydrogen) atoms. The van der Waals surface area contributed by atoms with Crippen LogP contribution in [0.5, 0.6) is 0 Å². The van der Waals surface area contributed by atoms with Crippen LogP contribution in [-0.2, 0) is 15.8 Å². The predicted octanol–water partition coefficient (Wildman–Crippen LogP) is 1.38. The molecule has 2 unspecified atom stereocenters. The first-order valence-corrected chi connectivity index (χ1v) is 8.79. The number of fused-ring (bicyclic) bond motifs is 2. The van der Waals surface area contributed by atoms with Crippen LogP contribution in [0.1, 0.15) is 36.8 Å². The predicted molar refractivity (Wildman–Crippen MR) is 77.7 cm³/mol. The Morgan fingerprint density at radius 2 is 1.76 bits per heavy atom. The van der Waals surface area contributed by atoms with E-state index in [-0.39, 0.29) is 23.9 Å². The Bertz CT molecular complexity index is 649. The summed E-state index contributed by atoms with van der Waals surface area (Å²) in [7, 11) is -3.38. The minimum atomic E-state index is -3.38. The largest absolute Gasteiger partial charge is 0.393 e. The molecule has 2 atom stereocenters. The van der Waals surface area contributed by atoms with Gasteiger partial charge < -0.3 is 5.11 Å². The summed E-state index contributed by atoms with van der Waals surface area (Å²) in [6.45, 7) is 0. The fourth-order valence-electron chi connectivity index (χ4n) is 3.52. The molecule has 5 nitrogen and oxygen atoms in total. The minimum Gasteiger partial charge on any atom is -0.393 e. The molecule has 3 rings (SSSR count). The Kier molecular flexibility index (Phi) is 3.74. The van der Waals surface area contributed by atoms with Crippen LogP contribution in [-0.4, -0.2) is 36.0 Å². The second-order valence-electron chi connectivity index (χ2n) is 5.91. The van der Waals surface area contributed by atoms with Crippen LogP contribution in [0.15, 0.2) is 24.3 Å². The number of piperidine rings is 1. The SMILES string of the molecule is N#Cc1ccc(CS(=O)(=O)N2C3CCC2CC(O)C3)cc1. The molecule has 112 valence electrons. The van der Waals surface area contributed by atoms with Gasteiger partial charge >= 0.3 is 0 Å². The lowest BCUT2D eigenvalue weighted by molar-refractivity contribution is 0.0768. The normalized spacial score (nSPS) is 29.2. The number of rotatable bonds is 3. The molecular weight excluding hydrogens is 288 g/mol. The van der Waals surface area contributed by atoms with Gasteiger partial charge in [-0.3, -0.25) is 0 Å². The highest BCUT2D eigenvalue weighted by Gasteiger charge is 2.46. The average molecular weight is 306 g/mol. The summed E-state index contributed by atoms with van der Waals surface area (Å²) in [5.41, 5.74) is 1.22. The van der Waals surface area contributed by atoms with E-state index in [0.29, 0.717) is 24.0 Å². The topological polar surface area (TPSA) is 81.4 Å². The Hall–Kier alpha value is -1.42. The number of benzene rings is 1. The van der Waals surface area contributed by atoms with Crippen molar-refractivity contribution in [3.63, 3.8) is 0 Å². The summed E-state index contributed by atoms with van der Waals surface area (Å²) >= 11 is 0. The first-order valence-electron chi connectivity index (χ1n) is 7.18. The molecule has 0 aliphatic carbocycles. The van der Waals surface area contributed by atoms with E-state index in [0.717, 1.165) is 12.8 Å². The molecule has 0 spiro atoms. The van der Waals surface area contributed by atoms with E-state index in [1.165, 1.54) is 0 Å². The van der Waals surface area contributed by atoms with Crippen LogP contribution in [0.25, 0.3) is 0 Å². The molecule has 6 heteroatoms. The maximum absolute atomic E-state index is 12.7. The Balaban J connectivity index is 1.79. The molecule has 0 saturated carbocycles. The quantitative estimate of drug-likeness (QED) is 0.914. The zero-order valence-corrected chi connectivity index (χ0v) is 12.5. The van der Waals surface area contributed by atoms with Gasteiger partial charge in [0.25, 0.3) is 0 Å². The molecule has 1 aromatic rings. The highest BCUT2D eigenvalue weighted by Crippen LogP contribution is 2.38. The van der Waals surface area contributed by atoms with Crippen LogP contribution < -0.4 is 0 Å². The smallest absolute Gasteiger partial charge is 0.218 e. The van der Waals surface area contributed by atoms with E-state index in [2.05, 4.69) is 0 Å². The summed E-state index contributed by atoms with van der Waals surface area (Å²) in [5, 5.41) is 18.5. The van der Waals surface area contributed by atoms with Crippen LogP contribution in [0.4, 0.5) is 0 Å². The number of nitriles is 1. The molecule has 2 aliphatic rings. The summed E-state index contributed by atoms with van der Waals surface area (Å²) in [5.74, 6) is -0.0399. The van der Waals surface area contributed by atoms with E-state index >= 15 is 0 Å². The Labute approximate surface area is 124 Å². The van der Waals surface area contributed by atoms with Crippen molar-refractivity contribution in [2.45, 2.75) is 49.6 Å². The summed E-state index contributed by atoms with van der Waals surface area (Å²) in [4.78, 5) is 0. The maximum atomic E-state index is 12.7. The number of nitrogens with zero attached hydrogens (tertiary/aromatic N) is 2. The lowest BCUT2D eigenvalue weighted by Gasteiger charge is -2.36. The second kappa shape index (κ2) is 5.41. The van der Waals surface area contributed by atoms with Gasteiger partial charge in [0.2, 0.25) is 10.0 Å². The summed E-state index contributed by atoms with van der Waals surface area (Å²) in [6.07, 6.45) is 2.40. The Morgan fingerprint density at radius 1 is 1.19 bits per heavy atom. The second-order valence-corrected chi connectivity index (χ2v) is 7.78. The molecule has 1 aromatic carbocycles. The van der Waals surface area contributed by atoms with Crippen LogP contribution in [0, 0.1) is 11.3 Å². The van der Waals surface area contributed by atoms with Crippen molar-refractivity contribution in [3.8, 4) is 6.07 Å². The first kappa shape index (κ1) is 14.5. The van der Waals surface area contributed by atoms with Gasteiger partial charge in [-0.15, -0.1) is 0 Å². The third-order valence-electron chi connectivity index (χ3n) is 4.39. The van der Waals surface area contributed by atoms with Gasteiger partial charge in [0, 0.05) is 12.1 Å². The first-order chi connectivity index (χ1) is 9.99. The molecule has 0 radical (unpaired) electrons.